The van der Waals surface area contributed by atoms with E-state index in [0.29, 0.717) is 5.65 Å². The van der Waals surface area contributed by atoms with Crippen LogP contribution >= 0.6 is 0 Å². The molecule has 1 N–H and O–H groups in total. The van der Waals surface area contributed by atoms with Gasteiger partial charge in [0.05, 0.1) is 5.69 Å². The molecule has 0 bridgehead atoms. The number of hydrogen-bond donors (Lipinski definition) is 1. The minimum Gasteiger partial charge on any atom is -0.339 e. The van der Waals surface area contributed by atoms with Gasteiger partial charge in [-0.3, -0.25) is 0 Å². The molecule has 23 heavy (non-hydrogen) atoms. The maximum Gasteiger partial charge on any atom is 0.141 e. The molecule has 3 nitrogen and oxygen atoms in total. The van der Waals surface area contributed by atoms with Crippen LogP contribution in [-0.4, -0.2) is 15.0 Å². The molecule has 0 aliphatic heterocycles. The molecule has 0 atom stereocenters. The SMILES string of the molecule is Fc1ccc(-c2cc3c(-c4ccc(F)cc4)ncnc3[nH]2)cc1. The number of rotatable bonds is 2. The summed E-state index contributed by atoms with van der Waals surface area (Å²) in [7, 11) is 0. The zero-order valence-electron chi connectivity index (χ0n) is 11.9. The zero-order chi connectivity index (χ0) is 15.8. The first-order valence-corrected chi connectivity index (χ1v) is 7.06. The van der Waals surface area contributed by atoms with Crippen molar-refractivity contribution in [1.29, 1.82) is 0 Å². The average molecular weight is 307 g/mol. The van der Waals surface area contributed by atoms with Crippen molar-refractivity contribution in [1.82, 2.24) is 15.0 Å². The standard InChI is InChI=1S/C18H11F2N3/c19-13-5-1-11(2-6-13)16-9-15-17(21-10-22-18(15)23-16)12-3-7-14(20)8-4-12/h1-10H,(H,21,22,23). The number of benzene rings is 2. The predicted octanol–water partition coefficient (Wildman–Crippen LogP) is 4.57. The van der Waals surface area contributed by atoms with E-state index in [9.17, 15) is 8.78 Å². The van der Waals surface area contributed by atoms with Crippen molar-refractivity contribution in [3.63, 3.8) is 0 Å². The lowest BCUT2D eigenvalue weighted by molar-refractivity contribution is 0.627. The van der Waals surface area contributed by atoms with Gasteiger partial charge in [0.25, 0.3) is 0 Å². The van der Waals surface area contributed by atoms with E-state index in [1.807, 2.05) is 6.07 Å². The Balaban J connectivity index is 1.87. The molecule has 5 heteroatoms. The summed E-state index contributed by atoms with van der Waals surface area (Å²) in [5.74, 6) is -0.572. The minimum atomic E-state index is -0.292. The first kappa shape index (κ1) is 13.6. The normalized spacial score (nSPS) is 11.0. The van der Waals surface area contributed by atoms with Gasteiger partial charge in [-0.2, -0.15) is 0 Å². The smallest absolute Gasteiger partial charge is 0.141 e. The topological polar surface area (TPSA) is 41.6 Å². The first-order chi connectivity index (χ1) is 11.2. The summed E-state index contributed by atoms with van der Waals surface area (Å²) < 4.78 is 26.2. The third-order valence-corrected chi connectivity index (χ3v) is 3.70. The fraction of sp³-hybridized carbons (Fsp3) is 0. The van der Waals surface area contributed by atoms with Gasteiger partial charge in [-0.15, -0.1) is 0 Å². The number of fused-ring (bicyclic) bond motifs is 1. The summed E-state index contributed by atoms with van der Waals surface area (Å²) in [5, 5.41) is 0.832. The Morgan fingerprint density at radius 3 is 2.00 bits per heavy atom. The Morgan fingerprint density at radius 2 is 1.35 bits per heavy atom. The molecule has 0 amide bonds. The number of aromatic amines is 1. The highest BCUT2D eigenvalue weighted by atomic mass is 19.1. The molecule has 4 aromatic rings. The number of hydrogen-bond acceptors (Lipinski definition) is 2. The van der Waals surface area contributed by atoms with Crippen LogP contribution in [0.15, 0.2) is 60.9 Å². The Morgan fingerprint density at radius 1 is 0.739 bits per heavy atom. The quantitative estimate of drug-likeness (QED) is 0.589. The van der Waals surface area contributed by atoms with Crippen molar-refractivity contribution in [2.45, 2.75) is 0 Å². The Kier molecular flexibility index (Phi) is 3.12. The molecule has 2 heterocycles. The van der Waals surface area contributed by atoms with Crippen LogP contribution in [0, 0.1) is 11.6 Å². The van der Waals surface area contributed by atoms with Gasteiger partial charge in [0.1, 0.15) is 23.6 Å². The molecule has 0 saturated heterocycles. The number of nitrogens with one attached hydrogen (secondary N) is 1. The van der Waals surface area contributed by atoms with Gasteiger partial charge in [0.15, 0.2) is 0 Å². The molecule has 0 fully saturated rings. The van der Waals surface area contributed by atoms with Gasteiger partial charge >= 0.3 is 0 Å². The Hall–Kier alpha value is -3.08. The van der Waals surface area contributed by atoms with E-state index in [0.717, 1.165) is 27.9 Å². The van der Waals surface area contributed by atoms with Crippen LogP contribution in [0.4, 0.5) is 8.78 Å². The van der Waals surface area contributed by atoms with Gasteiger partial charge in [-0.25, -0.2) is 18.7 Å². The molecule has 4 rings (SSSR count). The van der Waals surface area contributed by atoms with E-state index in [4.69, 9.17) is 0 Å². The molecule has 0 spiro atoms. The van der Waals surface area contributed by atoms with Crippen LogP contribution in [0.25, 0.3) is 33.5 Å². The summed E-state index contributed by atoms with van der Waals surface area (Å²) >= 11 is 0. The van der Waals surface area contributed by atoms with Gasteiger partial charge in [0.2, 0.25) is 0 Å². The van der Waals surface area contributed by atoms with Crippen molar-refractivity contribution in [3.8, 4) is 22.5 Å². The van der Waals surface area contributed by atoms with E-state index in [1.54, 1.807) is 24.3 Å². The maximum absolute atomic E-state index is 13.1. The number of halogens is 2. The fourth-order valence-electron chi connectivity index (χ4n) is 2.56. The first-order valence-electron chi connectivity index (χ1n) is 7.06. The lowest BCUT2D eigenvalue weighted by Gasteiger charge is -2.01. The van der Waals surface area contributed by atoms with Crippen LogP contribution in [0.3, 0.4) is 0 Å². The highest BCUT2D eigenvalue weighted by molar-refractivity contribution is 5.94. The fourth-order valence-corrected chi connectivity index (χ4v) is 2.56. The molecule has 0 aliphatic carbocycles. The highest BCUT2D eigenvalue weighted by Gasteiger charge is 2.11. The van der Waals surface area contributed by atoms with Gasteiger partial charge < -0.3 is 4.98 Å². The zero-order valence-corrected chi connectivity index (χ0v) is 11.9. The van der Waals surface area contributed by atoms with Gasteiger partial charge in [0, 0.05) is 16.6 Å². The van der Waals surface area contributed by atoms with Crippen LogP contribution in [-0.2, 0) is 0 Å². The Labute approximate surface area is 130 Å². The van der Waals surface area contributed by atoms with Crippen molar-refractivity contribution in [2.75, 3.05) is 0 Å². The highest BCUT2D eigenvalue weighted by Crippen LogP contribution is 2.29. The average Bonchev–Trinajstić information content (AvgIpc) is 3.00. The second kappa shape index (κ2) is 5.28. The lowest BCUT2D eigenvalue weighted by atomic mass is 10.1. The third-order valence-electron chi connectivity index (χ3n) is 3.70. The maximum atomic E-state index is 13.1. The van der Waals surface area contributed by atoms with E-state index in [-0.39, 0.29) is 11.6 Å². The predicted molar refractivity (Wildman–Crippen MR) is 84.7 cm³/mol. The summed E-state index contributed by atoms with van der Waals surface area (Å²) in [6.07, 6.45) is 1.46. The minimum absolute atomic E-state index is 0.281. The molecule has 0 radical (unpaired) electrons. The van der Waals surface area contributed by atoms with Crippen LogP contribution in [0.2, 0.25) is 0 Å². The largest absolute Gasteiger partial charge is 0.339 e. The van der Waals surface area contributed by atoms with E-state index in [1.165, 1.54) is 30.6 Å². The van der Waals surface area contributed by atoms with Crippen molar-refractivity contribution in [2.24, 2.45) is 0 Å². The van der Waals surface area contributed by atoms with Crippen molar-refractivity contribution >= 4 is 11.0 Å². The lowest BCUT2D eigenvalue weighted by Crippen LogP contribution is -1.87. The molecule has 0 aliphatic rings. The molecule has 0 saturated carbocycles. The van der Waals surface area contributed by atoms with Crippen LogP contribution < -0.4 is 0 Å². The molecule has 112 valence electrons. The molecular weight excluding hydrogens is 296 g/mol. The van der Waals surface area contributed by atoms with E-state index >= 15 is 0 Å². The summed E-state index contributed by atoms with van der Waals surface area (Å²) in [6, 6.07) is 14.3. The second-order valence-electron chi connectivity index (χ2n) is 5.18. The van der Waals surface area contributed by atoms with E-state index < -0.39 is 0 Å². The molecule has 0 unspecified atom stereocenters. The molecular formula is C18H11F2N3. The van der Waals surface area contributed by atoms with Crippen molar-refractivity contribution in [3.05, 3.63) is 72.6 Å². The third kappa shape index (κ3) is 2.46. The summed E-state index contributed by atoms with van der Waals surface area (Å²) in [6.45, 7) is 0. The molecule has 2 aromatic carbocycles. The van der Waals surface area contributed by atoms with Gasteiger partial charge in [-0.1, -0.05) is 0 Å². The van der Waals surface area contributed by atoms with E-state index in [2.05, 4.69) is 15.0 Å². The monoisotopic (exact) mass is 307 g/mol. The second-order valence-corrected chi connectivity index (χ2v) is 5.18. The number of nitrogens with zero attached hydrogens (tertiary/aromatic N) is 2. The number of aromatic nitrogens is 3. The van der Waals surface area contributed by atoms with Crippen molar-refractivity contribution < 1.29 is 8.78 Å². The van der Waals surface area contributed by atoms with Crippen LogP contribution in [0.1, 0.15) is 0 Å². The van der Waals surface area contributed by atoms with Gasteiger partial charge in [-0.05, 0) is 60.2 Å². The summed E-state index contributed by atoms with van der Waals surface area (Å²) in [4.78, 5) is 11.8. The van der Waals surface area contributed by atoms with Crippen LogP contribution in [0.5, 0.6) is 0 Å². The summed E-state index contributed by atoms with van der Waals surface area (Å²) in [5.41, 5.74) is 3.89. The number of H-pyrrole nitrogens is 1. The molecule has 2 aromatic heterocycles. The Bertz CT molecular complexity index is 974.